The van der Waals surface area contributed by atoms with E-state index in [1.807, 2.05) is 18.2 Å². The summed E-state index contributed by atoms with van der Waals surface area (Å²) in [5, 5.41) is 3.26. The van der Waals surface area contributed by atoms with Crippen molar-refractivity contribution >= 4 is 11.6 Å². The number of likely N-dealkylation sites (tertiary alicyclic amines) is 1. The molecule has 6 heteroatoms. The zero-order valence-corrected chi connectivity index (χ0v) is 22.0. The Hall–Kier alpha value is -3.51. The highest BCUT2D eigenvalue weighted by Gasteiger charge is 2.35. The summed E-state index contributed by atoms with van der Waals surface area (Å²) in [4.78, 5) is 15.7. The minimum atomic E-state index is 0.0249. The number of methoxy groups -OCH3 is 1. The summed E-state index contributed by atoms with van der Waals surface area (Å²) in [7, 11) is 1.68. The standard InChI is InChI=1S/C31H36N2O4/c1-4-21-7-6-8-22(5-2)31(21)32-30(34)20-33-19-25(17-27(33)23-9-12-26(35-3)13-10-23)24-11-14-28-29(18-24)37-16-15-36-28/h6-14,18,25,27H,4-5,15-17,19-20H2,1-3H3,(H,32,34)/t25-,27-/m1/s1. The summed E-state index contributed by atoms with van der Waals surface area (Å²) in [5.41, 5.74) is 5.73. The summed E-state index contributed by atoms with van der Waals surface area (Å²) in [6, 6.07) is 20.9. The van der Waals surface area contributed by atoms with Gasteiger partial charge < -0.3 is 19.5 Å². The average Bonchev–Trinajstić information content (AvgIpc) is 3.36. The summed E-state index contributed by atoms with van der Waals surface area (Å²) >= 11 is 0. The van der Waals surface area contributed by atoms with E-state index in [0.717, 1.165) is 48.7 Å². The number of benzene rings is 3. The Morgan fingerprint density at radius 1 is 0.946 bits per heavy atom. The summed E-state index contributed by atoms with van der Waals surface area (Å²) in [6.45, 7) is 6.53. The molecule has 1 amide bonds. The number of carbonyl (C=O) groups is 1. The van der Waals surface area contributed by atoms with Gasteiger partial charge in [0.25, 0.3) is 0 Å². The molecule has 6 nitrogen and oxygen atoms in total. The molecule has 0 saturated carbocycles. The van der Waals surface area contributed by atoms with Crippen LogP contribution in [0.25, 0.3) is 0 Å². The lowest BCUT2D eigenvalue weighted by molar-refractivity contribution is -0.117. The maximum Gasteiger partial charge on any atom is 0.238 e. The highest BCUT2D eigenvalue weighted by Crippen LogP contribution is 2.43. The molecule has 0 aliphatic carbocycles. The Balaban J connectivity index is 1.39. The fourth-order valence-corrected chi connectivity index (χ4v) is 5.57. The SMILES string of the molecule is CCc1cccc(CC)c1NC(=O)CN1C[C@H](c2ccc3c(c2)OCCO3)C[C@@H]1c1ccc(OC)cc1. The summed E-state index contributed by atoms with van der Waals surface area (Å²) < 4.78 is 16.9. The molecule has 2 atom stereocenters. The van der Waals surface area contributed by atoms with Crippen molar-refractivity contribution in [3.05, 3.63) is 82.9 Å². The van der Waals surface area contributed by atoms with Crippen molar-refractivity contribution in [2.45, 2.75) is 45.1 Å². The Morgan fingerprint density at radius 3 is 2.30 bits per heavy atom. The van der Waals surface area contributed by atoms with Crippen molar-refractivity contribution in [2.75, 3.05) is 38.7 Å². The maximum absolute atomic E-state index is 13.4. The van der Waals surface area contributed by atoms with E-state index in [2.05, 4.69) is 66.5 Å². The predicted molar refractivity (Wildman–Crippen MR) is 146 cm³/mol. The van der Waals surface area contributed by atoms with Crippen LogP contribution in [-0.4, -0.2) is 44.2 Å². The molecule has 1 fully saturated rings. The predicted octanol–water partition coefficient (Wildman–Crippen LogP) is 5.76. The smallest absolute Gasteiger partial charge is 0.238 e. The largest absolute Gasteiger partial charge is 0.497 e. The molecule has 0 unspecified atom stereocenters. The first-order chi connectivity index (χ1) is 18.1. The number of fused-ring (bicyclic) bond motifs is 1. The van der Waals surface area contributed by atoms with Crippen molar-refractivity contribution in [3.63, 3.8) is 0 Å². The number of aryl methyl sites for hydroxylation is 2. The molecule has 3 aromatic rings. The van der Waals surface area contributed by atoms with Gasteiger partial charge in [-0.2, -0.15) is 0 Å². The van der Waals surface area contributed by atoms with Gasteiger partial charge in [-0.25, -0.2) is 0 Å². The van der Waals surface area contributed by atoms with Crippen LogP contribution in [0.4, 0.5) is 5.69 Å². The van der Waals surface area contributed by atoms with E-state index in [1.54, 1.807) is 7.11 Å². The van der Waals surface area contributed by atoms with Crippen LogP contribution >= 0.6 is 0 Å². The first-order valence-electron chi connectivity index (χ1n) is 13.3. The molecule has 0 aromatic heterocycles. The van der Waals surface area contributed by atoms with E-state index in [1.165, 1.54) is 22.3 Å². The average molecular weight is 501 g/mol. The van der Waals surface area contributed by atoms with Crippen LogP contribution in [0.1, 0.15) is 54.5 Å². The fraction of sp³-hybridized carbons (Fsp3) is 0.387. The van der Waals surface area contributed by atoms with Gasteiger partial charge in [0.05, 0.1) is 13.7 Å². The Labute approximate surface area is 219 Å². The minimum absolute atomic E-state index is 0.0249. The molecule has 0 radical (unpaired) electrons. The second kappa shape index (κ2) is 11.3. The number of ether oxygens (including phenoxy) is 3. The lowest BCUT2D eigenvalue weighted by Gasteiger charge is -2.25. The van der Waals surface area contributed by atoms with Crippen molar-refractivity contribution < 1.29 is 19.0 Å². The molecule has 2 heterocycles. The number of nitrogens with zero attached hydrogens (tertiary/aromatic N) is 1. The second-order valence-corrected chi connectivity index (χ2v) is 9.76. The van der Waals surface area contributed by atoms with Crippen molar-refractivity contribution in [1.29, 1.82) is 0 Å². The number of hydrogen-bond donors (Lipinski definition) is 1. The monoisotopic (exact) mass is 500 g/mol. The molecular formula is C31H36N2O4. The third-order valence-corrected chi connectivity index (χ3v) is 7.55. The number of anilines is 1. The molecular weight excluding hydrogens is 464 g/mol. The van der Waals surface area contributed by atoms with Gasteiger partial charge in [-0.1, -0.05) is 50.2 Å². The number of amides is 1. The van der Waals surface area contributed by atoms with Gasteiger partial charge in [0, 0.05) is 18.3 Å². The Kier molecular flexibility index (Phi) is 7.65. The Bertz CT molecular complexity index is 1220. The van der Waals surface area contributed by atoms with Crippen LogP contribution in [0.3, 0.4) is 0 Å². The number of hydrogen-bond acceptors (Lipinski definition) is 5. The quantitative estimate of drug-likeness (QED) is 0.426. The fourth-order valence-electron chi connectivity index (χ4n) is 5.57. The second-order valence-electron chi connectivity index (χ2n) is 9.76. The third-order valence-electron chi connectivity index (χ3n) is 7.55. The Morgan fingerprint density at radius 2 is 1.62 bits per heavy atom. The lowest BCUT2D eigenvalue weighted by atomic mass is 9.93. The molecule has 3 aromatic carbocycles. The van der Waals surface area contributed by atoms with E-state index in [9.17, 15) is 4.79 Å². The molecule has 0 spiro atoms. The molecule has 2 aliphatic rings. The number of nitrogens with one attached hydrogen (secondary N) is 1. The van der Waals surface area contributed by atoms with Gasteiger partial charge in [-0.3, -0.25) is 9.69 Å². The minimum Gasteiger partial charge on any atom is -0.497 e. The zero-order chi connectivity index (χ0) is 25.8. The number of carbonyl (C=O) groups excluding carboxylic acids is 1. The highest BCUT2D eigenvalue weighted by molar-refractivity contribution is 5.94. The van der Waals surface area contributed by atoms with Crippen LogP contribution in [0.15, 0.2) is 60.7 Å². The van der Waals surface area contributed by atoms with E-state index in [4.69, 9.17) is 14.2 Å². The van der Waals surface area contributed by atoms with Gasteiger partial charge in [0.1, 0.15) is 19.0 Å². The van der Waals surface area contributed by atoms with E-state index in [0.29, 0.717) is 19.8 Å². The molecule has 37 heavy (non-hydrogen) atoms. The molecule has 2 aliphatic heterocycles. The van der Waals surface area contributed by atoms with Gasteiger partial charge >= 0.3 is 0 Å². The van der Waals surface area contributed by atoms with Crippen LogP contribution in [-0.2, 0) is 17.6 Å². The first kappa shape index (κ1) is 25.2. The van der Waals surface area contributed by atoms with E-state index >= 15 is 0 Å². The normalized spacial score (nSPS) is 19.0. The lowest BCUT2D eigenvalue weighted by Crippen LogP contribution is -2.33. The van der Waals surface area contributed by atoms with Gasteiger partial charge in [-0.05, 0) is 71.7 Å². The van der Waals surface area contributed by atoms with Crippen molar-refractivity contribution in [1.82, 2.24) is 4.90 Å². The number of rotatable bonds is 8. The van der Waals surface area contributed by atoms with Crippen LogP contribution in [0.5, 0.6) is 17.2 Å². The van der Waals surface area contributed by atoms with Crippen molar-refractivity contribution in [2.24, 2.45) is 0 Å². The maximum atomic E-state index is 13.4. The topological polar surface area (TPSA) is 60.0 Å². The summed E-state index contributed by atoms with van der Waals surface area (Å²) in [6.07, 6.45) is 2.69. The summed E-state index contributed by atoms with van der Waals surface area (Å²) in [5.74, 6) is 2.75. The van der Waals surface area contributed by atoms with Crippen LogP contribution < -0.4 is 19.5 Å². The third kappa shape index (κ3) is 5.44. The van der Waals surface area contributed by atoms with E-state index in [-0.39, 0.29) is 17.9 Å². The molecule has 1 saturated heterocycles. The molecule has 194 valence electrons. The van der Waals surface area contributed by atoms with Gasteiger partial charge in [0.2, 0.25) is 5.91 Å². The first-order valence-corrected chi connectivity index (χ1v) is 13.3. The van der Waals surface area contributed by atoms with Crippen LogP contribution in [0.2, 0.25) is 0 Å². The molecule has 0 bridgehead atoms. The van der Waals surface area contributed by atoms with Crippen molar-refractivity contribution in [3.8, 4) is 17.2 Å². The highest BCUT2D eigenvalue weighted by atomic mass is 16.6. The van der Waals surface area contributed by atoms with Crippen LogP contribution in [0, 0.1) is 0 Å². The van der Waals surface area contributed by atoms with E-state index < -0.39 is 0 Å². The molecule has 5 rings (SSSR count). The number of para-hydroxylation sites is 1. The zero-order valence-electron chi connectivity index (χ0n) is 22.0. The molecule has 1 N–H and O–H groups in total. The van der Waals surface area contributed by atoms with Gasteiger partial charge in [-0.15, -0.1) is 0 Å². The van der Waals surface area contributed by atoms with Gasteiger partial charge in [0.15, 0.2) is 11.5 Å².